The molecule has 1 atom stereocenters. The molecule has 0 fully saturated rings. The number of unbranched alkanes of at least 4 members (excludes halogenated alkanes) is 1. The van der Waals surface area contributed by atoms with Crippen LogP contribution >= 0.6 is 0 Å². The van der Waals surface area contributed by atoms with Gasteiger partial charge in [-0.25, -0.2) is 0 Å². The van der Waals surface area contributed by atoms with Gasteiger partial charge in [-0.1, -0.05) is 12.1 Å². The smallest absolute Gasteiger partial charge is 0.323 e. The van der Waals surface area contributed by atoms with E-state index in [4.69, 9.17) is 20.3 Å². The van der Waals surface area contributed by atoms with Crippen LogP contribution in [0.25, 0.3) is 0 Å². The van der Waals surface area contributed by atoms with Gasteiger partial charge in [-0.3, -0.25) is 4.79 Å². The highest BCUT2D eigenvalue weighted by Crippen LogP contribution is 2.26. The fourth-order valence-corrected chi connectivity index (χ4v) is 1.62. The first kappa shape index (κ1) is 15.3. The van der Waals surface area contributed by atoms with E-state index in [9.17, 15) is 4.79 Å². The zero-order chi connectivity index (χ0) is 14.3. The molecule has 0 bridgehead atoms. The number of carbonyl (C=O) groups is 1. The largest absolute Gasteiger partial charge is 0.493 e. The van der Waals surface area contributed by atoms with Gasteiger partial charge in [0.25, 0.3) is 0 Å². The summed E-state index contributed by atoms with van der Waals surface area (Å²) in [5, 5.41) is 8.87. The second-order valence-electron chi connectivity index (χ2n) is 4.68. The van der Waals surface area contributed by atoms with Crippen molar-refractivity contribution >= 4 is 5.97 Å². The summed E-state index contributed by atoms with van der Waals surface area (Å²) in [6.07, 6.45) is 1.88. The fraction of sp³-hybridized carbons (Fsp3) is 0.500. The minimum atomic E-state index is -1.16. The lowest BCUT2D eigenvalue weighted by atomic mass is 9.97. The van der Waals surface area contributed by atoms with Crippen LogP contribution in [-0.2, 0) is 4.79 Å². The Morgan fingerprint density at radius 1 is 1.32 bits per heavy atom. The minimum Gasteiger partial charge on any atom is -0.493 e. The molecule has 1 rings (SSSR count). The van der Waals surface area contributed by atoms with Gasteiger partial charge < -0.3 is 20.3 Å². The quantitative estimate of drug-likeness (QED) is 0.704. The van der Waals surface area contributed by atoms with Crippen molar-refractivity contribution in [2.24, 2.45) is 5.73 Å². The Morgan fingerprint density at radius 3 is 2.53 bits per heavy atom. The molecule has 5 nitrogen and oxygen atoms in total. The Kier molecular flexibility index (Phi) is 5.63. The van der Waals surface area contributed by atoms with E-state index in [2.05, 4.69) is 0 Å². The van der Waals surface area contributed by atoms with E-state index in [1.807, 2.05) is 24.3 Å². The third-order valence-electron chi connectivity index (χ3n) is 2.91. The maximum Gasteiger partial charge on any atom is 0.323 e. The van der Waals surface area contributed by atoms with Crippen molar-refractivity contribution in [2.75, 3.05) is 13.7 Å². The predicted octanol–water partition coefficient (Wildman–Crippen LogP) is 2.05. The molecule has 1 unspecified atom stereocenters. The summed E-state index contributed by atoms with van der Waals surface area (Å²) in [7, 11) is 1.59. The van der Waals surface area contributed by atoms with Crippen LogP contribution < -0.4 is 15.2 Å². The number of hydrogen-bond acceptors (Lipinski definition) is 4. The minimum absolute atomic E-state index is 0.428. The number of benzene rings is 1. The monoisotopic (exact) mass is 267 g/mol. The summed E-state index contributed by atoms with van der Waals surface area (Å²) in [5.41, 5.74) is 4.48. The third kappa shape index (κ3) is 4.79. The maximum atomic E-state index is 10.8. The van der Waals surface area contributed by atoms with E-state index in [-0.39, 0.29) is 0 Å². The van der Waals surface area contributed by atoms with Crippen molar-refractivity contribution in [1.82, 2.24) is 0 Å². The van der Waals surface area contributed by atoms with E-state index < -0.39 is 11.5 Å². The number of nitrogens with two attached hydrogens (primary N) is 1. The van der Waals surface area contributed by atoms with Crippen LogP contribution in [0.5, 0.6) is 11.5 Å². The van der Waals surface area contributed by atoms with Crippen molar-refractivity contribution in [3.05, 3.63) is 24.3 Å². The van der Waals surface area contributed by atoms with Crippen molar-refractivity contribution in [1.29, 1.82) is 0 Å². The summed E-state index contributed by atoms with van der Waals surface area (Å²) in [6.45, 7) is 2.03. The molecule has 0 heterocycles. The van der Waals surface area contributed by atoms with Crippen molar-refractivity contribution in [3.8, 4) is 11.5 Å². The topological polar surface area (TPSA) is 81.8 Å². The maximum absolute atomic E-state index is 10.8. The van der Waals surface area contributed by atoms with Gasteiger partial charge >= 0.3 is 5.97 Å². The summed E-state index contributed by atoms with van der Waals surface area (Å²) in [6, 6.07) is 7.41. The molecule has 0 aliphatic carbocycles. The van der Waals surface area contributed by atoms with Gasteiger partial charge in [-0.05, 0) is 38.3 Å². The predicted molar refractivity (Wildman–Crippen MR) is 72.6 cm³/mol. The van der Waals surface area contributed by atoms with Crippen molar-refractivity contribution in [3.63, 3.8) is 0 Å². The van der Waals surface area contributed by atoms with Crippen molar-refractivity contribution < 1.29 is 19.4 Å². The van der Waals surface area contributed by atoms with Crippen LogP contribution in [-0.4, -0.2) is 30.3 Å². The molecule has 0 aliphatic heterocycles. The fourth-order valence-electron chi connectivity index (χ4n) is 1.62. The lowest BCUT2D eigenvalue weighted by Gasteiger charge is -2.18. The number of rotatable bonds is 8. The standard InChI is InChI=1S/C14H21NO4/c1-14(15,13(16)17)9-5-6-10-19-12-8-4-3-7-11(12)18-2/h3-4,7-8H,5-6,9-10,15H2,1-2H3,(H,16,17). The molecule has 19 heavy (non-hydrogen) atoms. The van der Waals surface area contributed by atoms with Gasteiger partial charge in [0.1, 0.15) is 5.54 Å². The highest BCUT2D eigenvalue weighted by molar-refractivity contribution is 5.77. The molecule has 0 saturated heterocycles. The van der Waals surface area contributed by atoms with Crippen LogP contribution in [0.1, 0.15) is 26.2 Å². The molecule has 0 saturated carbocycles. The summed E-state index contributed by atoms with van der Waals surface area (Å²) >= 11 is 0. The Hall–Kier alpha value is -1.75. The first-order valence-electron chi connectivity index (χ1n) is 6.25. The zero-order valence-electron chi connectivity index (χ0n) is 11.4. The molecule has 1 aromatic carbocycles. The number of para-hydroxylation sites is 2. The summed E-state index contributed by atoms with van der Waals surface area (Å²) in [4.78, 5) is 10.8. The molecule has 0 radical (unpaired) electrons. The Balaban J connectivity index is 2.30. The Morgan fingerprint density at radius 2 is 1.95 bits per heavy atom. The van der Waals surface area contributed by atoms with E-state index in [0.717, 1.165) is 6.42 Å². The van der Waals surface area contributed by atoms with Crippen LogP contribution in [0.3, 0.4) is 0 Å². The molecular formula is C14H21NO4. The molecular weight excluding hydrogens is 246 g/mol. The number of carboxylic acid groups (broad SMARTS) is 1. The normalized spacial score (nSPS) is 13.6. The molecule has 0 aliphatic rings. The van der Waals surface area contributed by atoms with E-state index in [1.165, 1.54) is 6.92 Å². The van der Waals surface area contributed by atoms with Crippen LogP contribution in [0.4, 0.5) is 0 Å². The Labute approximate surface area is 113 Å². The molecule has 5 heteroatoms. The van der Waals surface area contributed by atoms with Gasteiger partial charge in [0, 0.05) is 0 Å². The summed E-state index contributed by atoms with van der Waals surface area (Å²) in [5.74, 6) is 0.411. The number of ether oxygens (including phenoxy) is 2. The van der Waals surface area contributed by atoms with Crippen molar-refractivity contribution in [2.45, 2.75) is 31.7 Å². The zero-order valence-corrected chi connectivity index (χ0v) is 11.4. The first-order chi connectivity index (χ1) is 8.97. The first-order valence-corrected chi connectivity index (χ1v) is 6.25. The molecule has 0 aromatic heterocycles. The van der Waals surface area contributed by atoms with Crippen LogP contribution in [0.2, 0.25) is 0 Å². The molecule has 0 amide bonds. The van der Waals surface area contributed by atoms with Gasteiger partial charge in [0.15, 0.2) is 11.5 Å². The lowest BCUT2D eigenvalue weighted by Crippen LogP contribution is -2.44. The average Bonchev–Trinajstić information content (AvgIpc) is 2.38. The second kappa shape index (κ2) is 6.99. The van der Waals surface area contributed by atoms with Gasteiger partial charge in [-0.15, -0.1) is 0 Å². The van der Waals surface area contributed by atoms with E-state index >= 15 is 0 Å². The molecule has 3 N–H and O–H groups in total. The highest BCUT2D eigenvalue weighted by atomic mass is 16.5. The SMILES string of the molecule is COc1ccccc1OCCCCC(C)(N)C(=O)O. The van der Waals surface area contributed by atoms with E-state index in [0.29, 0.717) is 30.9 Å². The lowest BCUT2D eigenvalue weighted by molar-refractivity contribution is -0.142. The number of hydrogen-bond donors (Lipinski definition) is 2. The second-order valence-corrected chi connectivity index (χ2v) is 4.68. The van der Waals surface area contributed by atoms with Gasteiger partial charge in [0.05, 0.1) is 13.7 Å². The average molecular weight is 267 g/mol. The third-order valence-corrected chi connectivity index (χ3v) is 2.91. The molecule has 1 aromatic rings. The number of aliphatic carboxylic acids is 1. The highest BCUT2D eigenvalue weighted by Gasteiger charge is 2.26. The Bertz CT molecular complexity index is 418. The number of carboxylic acids is 1. The van der Waals surface area contributed by atoms with Gasteiger partial charge in [-0.2, -0.15) is 0 Å². The van der Waals surface area contributed by atoms with Gasteiger partial charge in [0.2, 0.25) is 0 Å². The summed E-state index contributed by atoms with van der Waals surface area (Å²) < 4.78 is 10.8. The van der Waals surface area contributed by atoms with E-state index in [1.54, 1.807) is 7.11 Å². The molecule has 106 valence electrons. The van der Waals surface area contributed by atoms with Crippen LogP contribution in [0.15, 0.2) is 24.3 Å². The number of methoxy groups -OCH3 is 1. The molecule has 0 spiro atoms. The van der Waals surface area contributed by atoms with Crippen LogP contribution in [0, 0.1) is 0 Å².